The van der Waals surface area contributed by atoms with Crippen LogP contribution in [-0.4, -0.2) is 24.0 Å². The van der Waals surface area contributed by atoms with Crippen molar-refractivity contribution in [1.82, 2.24) is 4.90 Å². The van der Waals surface area contributed by atoms with Crippen molar-refractivity contribution < 1.29 is 4.39 Å². The van der Waals surface area contributed by atoms with E-state index < -0.39 is 0 Å². The van der Waals surface area contributed by atoms with Crippen LogP contribution in [0.2, 0.25) is 0 Å². The van der Waals surface area contributed by atoms with E-state index in [1.54, 1.807) is 13.0 Å². The molecule has 0 radical (unpaired) electrons. The molecule has 2 rings (SSSR count). The van der Waals surface area contributed by atoms with Crippen molar-refractivity contribution in [3.63, 3.8) is 0 Å². The molecule has 1 aliphatic rings. The highest BCUT2D eigenvalue weighted by atomic mass is 19.1. The van der Waals surface area contributed by atoms with E-state index in [4.69, 9.17) is 5.73 Å². The molecule has 0 spiro atoms. The molecular formula is C14H21FN2. The molecule has 1 heterocycles. The summed E-state index contributed by atoms with van der Waals surface area (Å²) < 4.78 is 13.6. The van der Waals surface area contributed by atoms with E-state index in [2.05, 4.69) is 11.8 Å². The van der Waals surface area contributed by atoms with Gasteiger partial charge in [-0.05, 0) is 43.5 Å². The van der Waals surface area contributed by atoms with Crippen molar-refractivity contribution >= 4 is 0 Å². The molecule has 2 unspecified atom stereocenters. The zero-order chi connectivity index (χ0) is 12.4. The predicted molar refractivity (Wildman–Crippen MR) is 68.3 cm³/mol. The van der Waals surface area contributed by atoms with Gasteiger partial charge in [-0.25, -0.2) is 4.39 Å². The molecule has 0 amide bonds. The molecular weight excluding hydrogens is 215 g/mol. The van der Waals surface area contributed by atoms with Gasteiger partial charge in [0.2, 0.25) is 0 Å². The highest BCUT2D eigenvalue weighted by molar-refractivity contribution is 5.27. The van der Waals surface area contributed by atoms with Gasteiger partial charge >= 0.3 is 0 Å². The molecule has 1 fully saturated rings. The van der Waals surface area contributed by atoms with Crippen LogP contribution >= 0.6 is 0 Å². The first-order chi connectivity index (χ1) is 8.13. The highest BCUT2D eigenvalue weighted by Gasteiger charge is 2.32. The Balaban J connectivity index is 2.26. The lowest BCUT2D eigenvalue weighted by atomic mass is 9.99. The number of nitrogens with two attached hydrogens (primary N) is 1. The number of hydrogen-bond acceptors (Lipinski definition) is 2. The fourth-order valence-electron chi connectivity index (χ4n) is 2.67. The van der Waals surface area contributed by atoms with Crippen molar-refractivity contribution in [2.24, 2.45) is 5.73 Å². The maximum atomic E-state index is 13.6. The number of rotatable bonds is 3. The van der Waals surface area contributed by atoms with Crippen LogP contribution in [0.3, 0.4) is 0 Å². The SMILES string of the molecule is CCCN1CCC(N)C1c1ccc(C)c(F)c1. The summed E-state index contributed by atoms with van der Waals surface area (Å²) in [7, 11) is 0. The molecule has 2 nitrogen and oxygen atoms in total. The number of benzene rings is 1. The zero-order valence-electron chi connectivity index (χ0n) is 10.6. The molecule has 2 atom stereocenters. The molecule has 1 aliphatic heterocycles. The largest absolute Gasteiger partial charge is 0.326 e. The molecule has 1 saturated heterocycles. The summed E-state index contributed by atoms with van der Waals surface area (Å²) in [5.74, 6) is -0.127. The Hall–Kier alpha value is -0.930. The van der Waals surface area contributed by atoms with Crippen molar-refractivity contribution in [3.8, 4) is 0 Å². The van der Waals surface area contributed by atoms with E-state index in [0.29, 0.717) is 5.56 Å². The van der Waals surface area contributed by atoms with Crippen LogP contribution in [0.5, 0.6) is 0 Å². The Morgan fingerprint density at radius 1 is 1.47 bits per heavy atom. The highest BCUT2D eigenvalue weighted by Crippen LogP contribution is 2.31. The van der Waals surface area contributed by atoms with Gasteiger partial charge in [-0.2, -0.15) is 0 Å². The van der Waals surface area contributed by atoms with Gasteiger partial charge in [-0.1, -0.05) is 19.1 Å². The minimum atomic E-state index is -0.127. The van der Waals surface area contributed by atoms with E-state index in [1.807, 2.05) is 12.1 Å². The average molecular weight is 236 g/mol. The Morgan fingerprint density at radius 2 is 2.24 bits per heavy atom. The van der Waals surface area contributed by atoms with Crippen LogP contribution in [0.25, 0.3) is 0 Å². The van der Waals surface area contributed by atoms with Crippen LogP contribution < -0.4 is 5.73 Å². The van der Waals surface area contributed by atoms with Gasteiger partial charge < -0.3 is 5.73 Å². The number of halogens is 1. The van der Waals surface area contributed by atoms with Gasteiger partial charge in [-0.15, -0.1) is 0 Å². The van der Waals surface area contributed by atoms with Crippen LogP contribution in [0.4, 0.5) is 4.39 Å². The number of likely N-dealkylation sites (tertiary alicyclic amines) is 1. The third-order valence-electron chi connectivity index (χ3n) is 3.60. The molecule has 0 aromatic heterocycles. The van der Waals surface area contributed by atoms with Gasteiger partial charge in [0, 0.05) is 12.6 Å². The van der Waals surface area contributed by atoms with Gasteiger partial charge in [0.1, 0.15) is 5.82 Å². The fraction of sp³-hybridized carbons (Fsp3) is 0.571. The Bertz CT molecular complexity index is 390. The molecule has 0 bridgehead atoms. The summed E-state index contributed by atoms with van der Waals surface area (Å²) in [5, 5.41) is 0. The van der Waals surface area contributed by atoms with Crippen molar-refractivity contribution in [1.29, 1.82) is 0 Å². The Labute approximate surface area is 103 Å². The summed E-state index contributed by atoms with van der Waals surface area (Å²) in [6.45, 7) is 6.01. The van der Waals surface area contributed by atoms with E-state index >= 15 is 0 Å². The average Bonchev–Trinajstić information content (AvgIpc) is 2.65. The molecule has 2 N–H and O–H groups in total. The Kier molecular flexibility index (Phi) is 3.79. The third-order valence-corrected chi connectivity index (χ3v) is 3.60. The first-order valence-corrected chi connectivity index (χ1v) is 6.39. The summed E-state index contributed by atoms with van der Waals surface area (Å²) in [5.41, 5.74) is 7.87. The van der Waals surface area contributed by atoms with Crippen LogP contribution in [0, 0.1) is 12.7 Å². The van der Waals surface area contributed by atoms with Crippen molar-refractivity contribution in [3.05, 3.63) is 35.1 Å². The second-order valence-electron chi connectivity index (χ2n) is 4.94. The standard InChI is InChI=1S/C14H21FN2/c1-3-7-17-8-6-13(16)14(17)11-5-4-10(2)12(15)9-11/h4-5,9,13-14H,3,6-8,16H2,1-2H3. The fourth-order valence-corrected chi connectivity index (χ4v) is 2.67. The molecule has 0 aliphatic carbocycles. The smallest absolute Gasteiger partial charge is 0.126 e. The van der Waals surface area contributed by atoms with Crippen LogP contribution in [0.1, 0.15) is 36.9 Å². The van der Waals surface area contributed by atoms with Crippen molar-refractivity contribution in [2.45, 2.75) is 38.8 Å². The third kappa shape index (κ3) is 2.50. The molecule has 94 valence electrons. The quantitative estimate of drug-likeness (QED) is 0.874. The summed E-state index contributed by atoms with van der Waals surface area (Å²) >= 11 is 0. The lowest BCUT2D eigenvalue weighted by Crippen LogP contribution is -2.32. The minimum absolute atomic E-state index is 0.127. The predicted octanol–water partition coefficient (Wildman–Crippen LogP) is 2.62. The second-order valence-corrected chi connectivity index (χ2v) is 4.94. The zero-order valence-corrected chi connectivity index (χ0v) is 10.6. The molecule has 17 heavy (non-hydrogen) atoms. The van der Waals surface area contributed by atoms with E-state index in [9.17, 15) is 4.39 Å². The Morgan fingerprint density at radius 3 is 2.88 bits per heavy atom. The first-order valence-electron chi connectivity index (χ1n) is 6.39. The van der Waals surface area contributed by atoms with Crippen LogP contribution in [0.15, 0.2) is 18.2 Å². The second kappa shape index (κ2) is 5.15. The van der Waals surface area contributed by atoms with Gasteiger partial charge in [-0.3, -0.25) is 4.90 Å². The van der Waals surface area contributed by atoms with E-state index in [-0.39, 0.29) is 17.9 Å². The lowest BCUT2D eigenvalue weighted by molar-refractivity contribution is 0.248. The molecule has 1 aromatic rings. The molecule has 0 saturated carbocycles. The van der Waals surface area contributed by atoms with Crippen molar-refractivity contribution in [2.75, 3.05) is 13.1 Å². The van der Waals surface area contributed by atoms with E-state index in [0.717, 1.165) is 31.5 Å². The molecule has 1 aromatic carbocycles. The van der Waals surface area contributed by atoms with E-state index in [1.165, 1.54) is 0 Å². The van der Waals surface area contributed by atoms with Gasteiger partial charge in [0.05, 0.1) is 6.04 Å². The van der Waals surface area contributed by atoms with Gasteiger partial charge in [0.25, 0.3) is 0 Å². The van der Waals surface area contributed by atoms with Gasteiger partial charge in [0.15, 0.2) is 0 Å². The normalized spacial score (nSPS) is 25.4. The lowest BCUT2D eigenvalue weighted by Gasteiger charge is -2.27. The maximum absolute atomic E-state index is 13.6. The minimum Gasteiger partial charge on any atom is -0.326 e. The topological polar surface area (TPSA) is 29.3 Å². The summed E-state index contributed by atoms with van der Waals surface area (Å²) in [6, 6.07) is 5.82. The van der Waals surface area contributed by atoms with Crippen LogP contribution in [-0.2, 0) is 0 Å². The number of aryl methyl sites for hydroxylation is 1. The number of nitrogens with zero attached hydrogens (tertiary/aromatic N) is 1. The summed E-state index contributed by atoms with van der Waals surface area (Å²) in [6.07, 6.45) is 2.11. The monoisotopic (exact) mass is 236 g/mol. The number of hydrogen-bond donors (Lipinski definition) is 1. The maximum Gasteiger partial charge on any atom is 0.126 e. The first kappa shape index (κ1) is 12.5. The summed E-state index contributed by atoms with van der Waals surface area (Å²) in [4.78, 5) is 2.37. The molecule has 3 heteroatoms.